The minimum atomic E-state index is 0.0230. The quantitative estimate of drug-likeness (QED) is 0.199. The van der Waals surface area contributed by atoms with E-state index >= 15 is 0 Å². The summed E-state index contributed by atoms with van der Waals surface area (Å²) in [6, 6.07) is 40.8. The Labute approximate surface area is 220 Å². The van der Waals surface area contributed by atoms with Crippen molar-refractivity contribution in [3.05, 3.63) is 154 Å². The number of carbonyl (C=O) groups excluding carboxylic acids is 1. The van der Waals surface area contributed by atoms with Crippen molar-refractivity contribution in [2.75, 3.05) is 0 Å². The van der Waals surface area contributed by atoms with Crippen LogP contribution in [0.1, 0.15) is 27.2 Å². The van der Waals surface area contributed by atoms with Gasteiger partial charge in [0.1, 0.15) is 0 Å². The van der Waals surface area contributed by atoms with Crippen LogP contribution in [-0.4, -0.2) is 15.4 Å². The van der Waals surface area contributed by atoms with Crippen LogP contribution in [0.3, 0.4) is 0 Å². The fraction of sp³-hybridized carbons (Fsp3) is 0.0938. The Hall–Kier alpha value is -3.89. The second-order valence-corrected chi connectivity index (χ2v) is 9.76. The summed E-state index contributed by atoms with van der Waals surface area (Å²) in [4.78, 5) is 15.7. The number of carbonyl (C=O) groups is 1. The molecule has 0 aliphatic heterocycles. The van der Waals surface area contributed by atoms with Crippen LogP contribution in [0.25, 0.3) is 11.1 Å². The van der Waals surface area contributed by atoms with E-state index < -0.39 is 0 Å². The van der Waals surface area contributed by atoms with Crippen LogP contribution in [-0.2, 0) is 19.6 Å². The van der Waals surface area contributed by atoms with Crippen molar-refractivity contribution in [3.8, 4) is 11.1 Å². The highest BCUT2D eigenvalue weighted by Crippen LogP contribution is 2.22. The molecule has 0 atom stereocenters. The minimum absolute atomic E-state index is 0.0230. The zero-order valence-electron chi connectivity index (χ0n) is 19.9. The molecule has 1 amide bonds. The molecule has 5 aromatic rings. The minimum Gasteiger partial charge on any atom is -0.345 e. The summed E-state index contributed by atoms with van der Waals surface area (Å²) in [5, 5.41) is 0. The molecule has 0 spiro atoms. The molecule has 178 valence electrons. The van der Waals surface area contributed by atoms with E-state index in [4.69, 9.17) is 0 Å². The topological polar surface area (TPSA) is 25.2 Å². The van der Waals surface area contributed by atoms with E-state index in [2.05, 4.69) is 81.3 Å². The highest BCUT2D eigenvalue weighted by atomic mass is 79.9. The fourth-order valence-corrected chi connectivity index (χ4v) is 4.62. The van der Waals surface area contributed by atoms with Gasteiger partial charge in [0.25, 0.3) is 5.91 Å². The molecule has 1 heterocycles. The molecule has 0 saturated heterocycles. The van der Waals surface area contributed by atoms with Crippen molar-refractivity contribution in [3.63, 3.8) is 0 Å². The van der Waals surface area contributed by atoms with Crippen molar-refractivity contribution >= 4 is 21.8 Å². The number of hydrogen-bond donors (Lipinski definition) is 0. The van der Waals surface area contributed by atoms with E-state index in [0.29, 0.717) is 18.7 Å². The van der Waals surface area contributed by atoms with Crippen molar-refractivity contribution < 1.29 is 4.79 Å². The Morgan fingerprint density at radius 3 is 1.97 bits per heavy atom. The number of nitrogens with zero attached hydrogens (tertiary/aromatic N) is 2. The number of halogens is 1. The van der Waals surface area contributed by atoms with E-state index in [1.165, 1.54) is 5.56 Å². The highest BCUT2D eigenvalue weighted by molar-refractivity contribution is 9.10. The van der Waals surface area contributed by atoms with Gasteiger partial charge >= 0.3 is 0 Å². The summed E-state index contributed by atoms with van der Waals surface area (Å²) in [6.45, 7) is 1.83. The maximum atomic E-state index is 13.7. The molecule has 1 aromatic heterocycles. The molecule has 0 saturated carbocycles. The van der Waals surface area contributed by atoms with Crippen LogP contribution in [0.2, 0.25) is 0 Å². The lowest BCUT2D eigenvalue weighted by Gasteiger charge is -2.24. The standard InChI is InChI=1S/C32H27BrN2O/c33-30-19-13-26(14-20-30)22-34-21-7-12-31(34)24-35(23-25-8-3-1-4-9-25)32(36)29-17-15-28(16-18-29)27-10-5-2-6-11-27/h1-21H,22-24H2. The van der Waals surface area contributed by atoms with E-state index in [0.717, 1.165) is 33.4 Å². The lowest BCUT2D eigenvalue weighted by molar-refractivity contribution is 0.0726. The van der Waals surface area contributed by atoms with Gasteiger partial charge < -0.3 is 9.47 Å². The van der Waals surface area contributed by atoms with Crippen LogP contribution in [0, 0.1) is 0 Å². The Morgan fingerprint density at radius 1 is 0.639 bits per heavy atom. The average molecular weight is 535 g/mol. The summed E-state index contributed by atoms with van der Waals surface area (Å²) in [7, 11) is 0. The molecular formula is C32H27BrN2O. The van der Waals surface area contributed by atoms with Gasteiger partial charge in [0.15, 0.2) is 0 Å². The Balaban J connectivity index is 1.39. The van der Waals surface area contributed by atoms with Crippen LogP contribution in [0.5, 0.6) is 0 Å². The van der Waals surface area contributed by atoms with Gasteiger partial charge in [0.2, 0.25) is 0 Å². The third-order valence-corrected chi connectivity index (χ3v) is 6.81. The highest BCUT2D eigenvalue weighted by Gasteiger charge is 2.18. The first-order valence-electron chi connectivity index (χ1n) is 12.0. The fourth-order valence-electron chi connectivity index (χ4n) is 4.35. The number of hydrogen-bond acceptors (Lipinski definition) is 1. The molecule has 5 rings (SSSR count). The molecule has 36 heavy (non-hydrogen) atoms. The molecule has 4 heteroatoms. The predicted molar refractivity (Wildman–Crippen MR) is 150 cm³/mol. The lowest BCUT2D eigenvalue weighted by Crippen LogP contribution is -2.31. The van der Waals surface area contributed by atoms with E-state index in [1.54, 1.807) is 0 Å². The summed E-state index contributed by atoms with van der Waals surface area (Å²) in [5.74, 6) is 0.0230. The largest absolute Gasteiger partial charge is 0.345 e. The third kappa shape index (κ3) is 5.84. The average Bonchev–Trinajstić information content (AvgIpc) is 3.36. The molecule has 0 aliphatic carbocycles. The number of rotatable bonds is 8. The number of aromatic nitrogens is 1. The maximum Gasteiger partial charge on any atom is 0.254 e. The third-order valence-electron chi connectivity index (χ3n) is 6.29. The first-order chi connectivity index (χ1) is 17.7. The smallest absolute Gasteiger partial charge is 0.254 e. The normalized spacial score (nSPS) is 10.8. The second kappa shape index (κ2) is 11.2. The number of benzene rings is 4. The molecule has 0 radical (unpaired) electrons. The van der Waals surface area contributed by atoms with Crippen molar-refractivity contribution in [2.24, 2.45) is 0 Å². The maximum absolute atomic E-state index is 13.7. The molecule has 4 aromatic carbocycles. The van der Waals surface area contributed by atoms with Gasteiger partial charge in [-0.2, -0.15) is 0 Å². The molecule has 0 bridgehead atoms. The molecular weight excluding hydrogens is 508 g/mol. The Morgan fingerprint density at radius 2 is 1.28 bits per heavy atom. The summed E-state index contributed by atoms with van der Waals surface area (Å²) in [5.41, 5.74) is 6.36. The first kappa shape index (κ1) is 23.8. The van der Waals surface area contributed by atoms with Crippen LogP contribution in [0.4, 0.5) is 0 Å². The van der Waals surface area contributed by atoms with E-state index in [1.807, 2.05) is 71.6 Å². The summed E-state index contributed by atoms with van der Waals surface area (Å²) < 4.78 is 3.28. The summed E-state index contributed by atoms with van der Waals surface area (Å²) in [6.07, 6.45) is 2.08. The molecule has 0 fully saturated rings. The Kier molecular flexibility index (Phi) is 7.44. The second-order valence-electron chi connectivity index (χ2n) is 8.84. The van der Waals surface area contributed by atoms with Crippen LogP contribution >= 0.6 is 15.9 Å². The van der Waals surface area contributed by atoms with Crippen LogP contribution in [0.15, 0.2) is 132 Å². The van der Waals surface area contributed by atoms with Gasteiger partial charge in [-0.25, -0.2) is 0 Å². The van der Waals surface area contributed by atoms with Gasteiger partial charge in [-0.1, -0.05) is 101 Å². The monoisotopic (exact) mass is 534 g/mol. The van der Waals surface area contributed by atoms with Gasteiger partial charge in [-0.3, -0.25) is 4.79 Å². The molecule has 0 N–H and O–H groups in total. The van der Waals surface area contributed by atoms with Crippen molar-refractivity contribution in [1.82, 2.24) is 9.47 Å². The molecule has 3 nitrogen and oxygen atoms in total. The number of amides is 1. The zero-order chi connectivity index (χ0) is 24.7. The van der Waals surface area contributed by atoms with Crippen molar-refractivity contribution in [2.45, 2.75) is 19.6 Å². The van der Waals surface area contributed by atoms with Gasteiger partial charge in [0, 0.05) is 35.0 Å². The van der Waals surface area contributed by atoms with Gasteiger partial charge in [0.05, 0.1) is 6.54 Å². The molecule has 0 unspecified atom stereocenters. The zero-order valence-corrected chi connectivity index (χ0v) is 21.5. The lowest BCUT2D eigenvalue weighted by atomic mass is 10.0. The first-order valence-corrected chi connectivity index (χ1v) is 12.8. The predicted octanol–water partition coefficient (Wildman–Crippen LogP) is 7.81. The van der Waals surface area contributed by atoms with Crippen molar-refractivity contribution in [1.29, 1.82) is 0 Å². The van der Waals surface area contributed by atoms with Crippen LogP contribution < -0.4 is 0 Å². The van der Waals surface area contributed by atoms with E-state index in [9.17, 15) is 4.79 Å². The van der Waals surface area contributed by atoms with Gasteiger partial charge in [-0.05, 0) is 58.7 Å². The molecule has 0 aliphatic rings. The summed E-state index contributed by atoms with van der Waals surface area (Å²) >= 11 is 3.51. The van der Waals surface area contributed by atoms with Gasteiger partial charge in [-0.15, -0.1) is 0 Å². The SMILES string of the molecule is O=C(c1ccc(-c2ccccc2)cc1)N(Cc1ccccc1)Cc1cccn1Cc1ccc(Br)cc1. The van der Waals surface area contributed by atoms with E-state index in [-0.39, 0.29) is 5.91 Å². The Bertz CT molecular complexity index is 1410.